The maximum atomic E-state index is 5.58. The van der Waals surface area contributed by atoms with Gasteiger partial charge in [-0.2, -0.15) is 0 Å². The zero-order chi connectivity index (χ0) is 21.0. The zero-order valence-corrected chi connectivity index (χ0v) is 17.2. The molecule has 7 heteroatoms. The summed E-state index contributed by atoms with van der Waals surface area (Å²) < 4.78 is 27.3. The Balaban J connectivity index is 2.12. The van der Waals surface area contributed by atoms with E-state index in [1.807, 2.05) is 37.3 Å². The van der Waals surface area contributed by atoms with Crippen LogP contribution in [0, 0.1) is 0 Å². The third kappa shape index (κ3) is 3.99. The highest BCUT2D eigenvalue weighted by molar-refractivity contribution is 5.83. The Kier molecular flexibility index (Phi) is 5.97. The first-order valence-corrected chi connectivity index (χ1v) is 8.88. The number of nitrogens with one attached hydrogen (secondary N) is 1. The minimum absolute atomic E-state index is 0.511. The van der Waals surface area contributed by atoms with E-state index in [-0.39, 0.29) is 0 Å². The lowest BCUT2D eigenvalue weighted by atomic mass is 10.0. The van der Waals surface area contributed by atoms with E-state index in [2.05, 4.69) is 17.1 Å². The molecule has 0 atom stereocenters. The van der Waals surface area contributed by atoms with E-state index in [1.165, 1.54) is 0 Å². The Morgan fingerprint density at radius 3 is 2.10 bits per heavy atom. The monoisotopic (exact) mass is 396 g/mol. The number of allylic oxidation sites excluding steroid dienone is 1. The summed E-state index contributed by atoms with van der Waals surface area (Å²) >= 11 is 0. The van der Waals surface area contributed by atoms with Crippen molar-refractivity contribution in [1.29, 1.82) is 0 Å². The van der Waals surface area contributed by atoms with E-state index in [0.29, 0.717) is 28.8 Å². The summed E-state index contributed by atoms with van der Waals surface area (Å²) in [5.41, 5.74) is 4.06. The van der Waals surface area contributed by atoms with Gasteiger partial charge in [0.2, 0.25) is 5.75 Å². The van der Waals surface area contributed by atoms with Gasteiger partial charge in [-0.05, 0) is 36.8 Å². The maximum absolute atomic E-state index is 5.58. The van der Waals surface area contributed by atoms with E-state index in [9.17, 15) is 0 Å². The summed E-state index contributed by atoms with van der Waals surface area (Å²) in [6.07, 6.45) is 1.67. The van der Waals surface area contributed by atoms with Gasteiger partial charge in [0, 0.05) is 16.8 Å². The molecule has 1 heterocycles. The average molecular weight is 396 g/mol. The first-order valence-electron chi connectivity index (χ1n) is 8.88. The third-order valence-corrected chi connectivity index (χ3v) is 4.36. The van der Waals surface area contributed by atoms with Crippen molar-refractivity contribution in [2.75, 3.05) is 33.8 Å². The molecular weight excluding hydrogens is 372 g/mol. The first-order chi connectivity index (χ1) is 14.0. The van der Waals surface area contributed by atoms with Crippen molar-refractivity contribution in [3.63, 3.8) is 0 Å². The SMILES string of the molecule is C=C(C)Nc1cc(-c2cnoc2-c2cc(OC)c(OC)c(OC)c2)ccc1OC. The van der Waals surface area contributed by atoms with E-state index >= 15 is 0 Å². The molecule has 3 rings (SSSR count). The van der Waals surface area contributed by atoms with Gasteiger partial charge >= 0.3 is 0 Å². The molecule has 152 valence electrons. The Bertz CT molecular complexity index is 1000. The van der Waals surface area contributed by atoms with E-state index in [1.54, 1.807) is 34.6 Å². The number of rotatable bonds is 8. The van der Waals surface area contributed by atoms with Gasteiger partial charge < -0.3 is 28.8 Å². The summed E-state index contributed by atoms with van der Waals surface area (Å²) in [6.45, 7) is 5.78. The molecule has 29 heavy (non-hydrogen) atoms. The van der Waals surface area contributed by atoms with Crippen LogP contribution in [0.5, 0.6) is 23.0 Å². The summed E-state index contributed by atoms with van der Waals surface area (Å²) in [6, 6.07) is 9.43. The molecule has 1 N–H and O–H groups in total. The molecule has 0 fully saturated rings. The van der Waals surface area contributed by atoms with Crippen molar-refractivity contribution < 1.29 is 23.5 Å². The molecule has 0 aliphatic carbocycles. The van der Waals surface area contributed by atoms with Gasteiger partial charge in [0.15, 0.2) is 17.3 Å². The number of hydrogen-bond donors (Lipinski definition) is 1. The highest BCUT2D eigenvalue weighted by atomic mass is 16.5. The van der Waals surface area contributed by atoms with Crippen LogP contribution in [0.4, 0.5) is 5.69 Å². The van der Waals surface area contributed by atoms with Crippen molar-refractivity contribution >= 4 is 5.69 Å². The van der Waals surface area contributed by atoms with Crippen LogP contribution < -0.4 is 24.3 Å². The average Bonchev–Trinajstić information content (AvgIpc) is 3.22. The number of methoxy groups -OCH3 is 4. The lowest BCUT2D eigenvalue weighted by molar-refractivity contribution is 0.324. The number of aromatic nitrogens is 1. The normalized spacial score (nSPS) is 10.4. The van der Waals surface area contributed by atoms with Gasteiger partial charge in [0.1, 0.15) is 5.75 Å². The van der Waals surface area contributed by atoms with E-state index < -0.39 is 0 Å². The van der Waals surface area contributed by atoms with Gasteiger partial charge in [-0.3, -0.25) is 0 Å². The van der Waals surface area contributed by atoms with Crippen molar-refractivity contribution in [2.24, 2.45) is 0 Å². The van der Waals surface area contributed by atoms with Crippen LogP contribution in [0.25, 0.3) is 22.5 Å². The molecule has 0 saturated heterocycles. The fraction of sp³-hybridized carbons (Fsp3) is 0.227. The molecule has 0 aliphatic rings. The quantitative estimate of drug-likeness (QED) is 0.575. The van der Waals surface area contributed by atoms with Crippen molar-refractivity contribution in [1.82, 2.24) is 5.16 Å². The number of nitrogens with zero attached hydrogens (tertiary/aromatic N) is 1. The molecule has 0 spiro atoms. The Morgan fingerprint density at radius 1 is 0.897 bits per heavy atom. The summed E-state index contributed by atoms with van der Waals surface area (Å²) in [5, 5.41) is 7.21. The van der Waals surface area contributed by atoms with Crippen LogP contribution in [-0.4, -0.2) is 33.6 Å². The number of hydrogen-bond acceptors (Lipinski definition) is 7. The van der Waals surface area contributed by atoms with Crippen molar-refractivity contribution in [2.45, 2.75) is 6.92 Å². The van der Waals surface area contributed by atoms with Crippen LogP contribution in [0.3, 0.4) is 0 Å². The molecule has 0 unspecified atom stereocenters. The molecule has 0 radical (unpaired) electrons. The minimum atomic E-state index is 0.511. The predicted molar refractivity (Wildman–Crippen MR) is 112 cm³/mol. The van der Waals surface area contributed by atoms with E-state index in [4.69, 9.17) is 23.5 Å². The Hall–Kier alpha value is -3.61. The molecule has 0 aliphatic heterocycles. The molecule has 7 nitrogen and oxygen atoms in total. The largest absolute Gasteiger partial charge is 0.495 e. The minimum Gasteiger partial charge on any atom is -0.495 e. The number of anilines is 1. The van der Waals surface area contributed by atoms with Gasteiger partial charge in [0.25, 0.3) is 0 Å². The van der Waals surface area contributed by atoms with Crippen LogP contribution in [-0.2, 0) is 0 Å². The van der Waals surface area contributed by atoms with Crippen molar-refractivity contribution in [3.8, 4) is 45.4 Å². The third-order valence-electron chi connectivity index (χ3n) is 4.36. The van der Waals surface area contributed by atoms with Crippen molar-refractivity contribution in [3.05, 3.63) is 48.8 Å². The highest BCUT2D eigenvalue weighted by Gasteiger charge is 2.20. The number of ether oxygens (including phenoxy) is 4. The fourth-order valence-electron chi connectivity index (χ4n) is 3.07. The predicted octanol–water partition coefficient (Wildman–Crippen LogP) is 4.99. The molecule has 0 saturated carbocycles. The van der Waals surface area contributed by atoms with Crippen LogP contribution in [0.1, 0.15) is 6.92 Å². The Morgan fingerprint density at radius 2 is 1.55 bits per heavy atom. The number of benzene rings is 2. The van der Waals surface area contributed by atoms with Gasteiger partial charge in [-0.15, -0.1) is 0 Å². The van der Waals surface area contributed by atoms with Crippen LogP contribution in [0.15, 0.2) is 53.3 Å². The van der Waals surface area contributed by atoms with Crippen LogP contribution >= 0.6 is 0 Å². The second-order valence-corrected chi connectivity index (χ2v) is 6.30. The zero-order valence-electron chi connectivity index (χ0n) is 17.2. The molecule has 0 amide bonds. The maximum Gasteiger partial charge on any atom is 0.203 e. The summed E-state index contributed by atoms with van der Waals surface area (Å²) in [4.78, 5) is 0. The molecule has 3 aromatic rings. The smallest absolute Gasteiger partial charge is 0.203 e. The highest BCUT2D eigenvalue weighted by Crippen LogP contribution is 2.44. The molecular formula is C22H24N2O5. The Labute approximate surface area is 169 Å². The lowest BCUT2D eigenvalue weighted by Crippen LogP contribution is -1.98. The second kappa shape index (κ2) is 8.60. The van der Waals surface area contributed by atoms with Gasteiger partial charge in [-0.25, -0.2) is 0 Å². The summed E-state index contributed by atoms with van der Waals surface area (Å²) in [5.74, 6) is 2.86. The second-order valence-electron chi connectivity index (χ2n) is 6.30. The van der Waals surface area contributed by atoms with E-state index in [0.717, 1.165) is 28.1 Å². The standard InChI is InChI=1S/C22H24N2O5/c1-13(2)24-17-9-14(7-8-18(17)25-3)16-12-23-29-21(16)15-10-19(26-4)22(28-6)20(11-15)27-5/h7-12,24H,1H2,2-6H3. The molecule has 2 aromatic carbocycles. The van der Waals surface area contributed by atoms with Gasteiger partial charge in [0.05, 0.1) is 40.3 Å². The summed E-state index contributed by atoms with van der Waals surface area (Å²) in [7, 11) is 6.33. The van der Waals surface area contributed by atoms with Gasteiger partial charge in [-0.1, -0.05) is 17.8 Å². The topological polar surface area (TPSA) is 75.0 Å². The molecule has 0 bridgehead atoms. The first kappa shape index (κ1) is 20.1. The molecule has 1 aromatic heterocycles. The fourth-order valence-corrected chi connectivity index (χ4v) is 3.07. The lowest BCUT2D eigenvalue weighted by Gasteiger charge is -2.14. The van der Waals surface area contributed by atoms with Crippen LogP contribution in [0.2, 0.25) is 0 Å².